The molecule has 0 spiro atoms. The molecule has 2 N–H and O–H groups in total. The van der Waals surface area contributed by atoms with Crippen molar-refractivity contribution in [2.45, 2.75) is 52.3 Å². The van der Waals surface area contributed by atoms with Crippen molar-refractivity contribution in [2.75, 3.05) is 0 Å². The molecular formula is C13H21N3O4. The lowest BCUT2D eigenvalue weighted by atomic mass is 10.1. The van der Waals surface area contributed by atoms with E-state index in [0.717, 1.165) is 0 Å². The first-order valence-corrected chi connectivity index (χ1v) is 6.46. The van der Waals surface area contributed by atoms with E-state index in [0.29, 0.717) is 12.2 Å². The third-order valence-electron chi connectivity index (χ3n) is 2.48. The monoisotopic (exact) mass is 283 g/mol. The van der Waals surface area contributed by atoms with Crippen molar-refractivity contribution in [3.05, 3.63) is 18.0 Å². The van der Waals surface area contributed by atoms with Gasteiger partial charge in [0.25, 0.3) is 0 Å². The number of nitrogens with zero attached hydrogens (tertiary/aromatic N) is 2. The number of nitrogens with one attached hydrogen (secondary N) is 1. The van der Waals surface area contributed by atoms with E-state index in [1.54, 1.807) is 37.7 Å². The van der Waals surface area contributed by atoms with Crippen molar-refractivity contribution in [1.82, 2.24) is 15.1 Å². The van der Waals surface area contributed by atoms with E-state index in [1.807, 2.05) is 6.92 Å². The van der Waals surface area contributed by atoms with Gasteiger partial charge in [-0.1, -0.05) is 0 Å². The molecule has 0 saturated heterocycles. The minimum absolute atomic E-state index is 0.231. The van der Waals surface area contributed by atoms with Crippen molar-refractivity contribution in [1.29, 1.82) is 0 Å². The first-order chi connectivity index (χ1) is 9.23. The highest BCUT2D eigenvalue weighted by atomic mass is 16.6. The summed E-state index contributed by atoms with van der Waals surface area (Å²) in [5.41, 5.74) is 0.00354. The summed E-state index contributed by atoms with van der Waals surface area (Å²) in [6, 6.07) is 1.01. The average Bonchev–Trinajstić information content (AvgIpc) is 2.72. The van der Waals surface area contributed by atoms with Crippen molar-refractivity contribution >= 4 is 12.1 Å². The number of carbonyl (C=O) groups is 2. The number of ether oxygens (including phenoxy) is 1. The van der Waals surface area contributed by atoms with Crippen LogP contribution in [0.3, 0.4) is 0 Å². The van der Waals surface area contributed by atoms with Gasteiger partial charge in [-0.25, -0.2) is 4.79 Å². The summed E-state index contributed by atoms with van der Waals surface area (Å²) in [5.74, 6) is -1.00. The molecule has 1 heterocycles. The number of carboxylic acids is 1. The van der Waals surface area contributed by atoms with Gasteiger partial charge in [-0.15, -0.1) is 0 Å². The number of hydrogen-bond acceptors (Lipinski definition) is 4. The van der Waals surface area contributed by atoms with Gasteiger partial charge in [0.05, 0.1) is 18.2 Å². The Morgan fingerprint density at radius 3 is 2.65 bits per heavy atom. The highest BCUT2D eigenvalue weighted by Crippen LogP contribution is 2.18. The number of alkyl carbamates (subject to hydrolysis) is 1. The third-order valence-corrected chi connectivity index (χ3v) is 2.48. The Morgan fingerprint density at radius 2 is 2.15 bits per heavy atom. The Balaban J connectivity index is 2.85. The van der Waals surface area contributed by atoms with Crippen molar-refractivity contribution in [3.8, 4) is 0 Å². The summed E-state index contributed by atoms with van der Waals surface area (Å²) in [4.78, 5) is 22.7. The standard InChI is InChI=1S/C13H21N3O4/c1-5-16-10(6-7-14-16)9(8-11(17)18)15-12(19)20-13(2,3)4/h6-7,9H,5,8H2,1-4H3,(H,15,19)(H,17,18)/t9-/m0/s1. The zero-order valence-corrected chi connectivity index (χ0v) is 12.2. The molecule has 0 aliphatic carbocycles. The normalized spacial score (nSPS) is 12.8. The molecule has 7 nitrogen and oxygen atoms in total. The second kappa shape index (κ2) is 6.40. The number of carboxylic acid groups (broad SMARTS) is 1. The van der Waals surface area contributed by atoms with Gasteiger partial charge in [-0.05, 0) is 33.8 Å². The molecule has 1 rings (SSSR count). The molecule has 0 aliphatic rings. The summed E-state index contributed by atoms with van der Waals surface area (Å²) in [6.07, 6.45) is 0.697. The lowest BCUT2D eigenvalue weighted by Gasteiger charge is -2.23. The van der Waals surface area contributed by atoms with Crippen molar-refractivity contribution in [3.63, 3.8) is 0 Å². The number of aryl methyl sites for hydroxylation is 1. The molecule has 7 heteroatoms. The molecule has 112 valence electrons. The summed E-state index contributed by atoms with van der Waals surface area (Å²) in [6.45, 7) is 7.72. The zero-order valence-electron chi connectivity index (χ0n) is 12.2. The molecule has 0 aliphatic heterocycles. The molecule has 0 saturated carbocycles. The number of amides is 1. The smallest absolute Gasteiger partial charge is 0.408 e. The van der Waals surface area contributed by atoms with Crippen molar-refractivity contribution in [2.24, 2.45) is 0 Å². The van der Waals surface area contributed by atoms with Gasteiger partial charge in [0, 0.05) is 12.7 Å². The van der Waals surface area contributed by atoms with Crippen LogP contribution in [0.5, 0.6) is 0 Å². The maximum Gasteiger partial charge on any atom is 0.408 e. The lowest BCUT2D eigenvalue weighted by Crippen LogP contribution is -2.36. The maximum atomic E-state index is 11.8. The highest BCUT2D eigenvalue weighted by Gasteiger charge is 2.24. The van der Waals surface area contributed by atoms with Crippen LogP contribution in [0.1, 0.15) is 45.9 Å². The molecule has 0 unspecified atom stereocenters. The second-order valence-corrected chi connectivity index (χ2v) is 5.37. The first-order valence-electron chi connectivity index (χ1n) is 6.46. The van der Waals surface area contributed by atoms with E-state index in [2.05, 4.69) is 10.4 Å². The maximum absolute atomic E-state index is 11.8. The number of carbonyl (C=O) groups excluding carboxylic acids is 1. The minimum Gasteiger partial charge on any atom is -0.481 e. The molecule has 1 atom stereocenters. The third kappa shape index (κ3) is 4.91. The molecular weight excluding hydrogens is 262 g/mol. The zero-order chi connectivity index (χ0) is 15.3. The fraction of sp³-hybridized carbons (Fsp3) is 0.615. The first kappa shape index (κ1) is 16.0. The lowest BCUT2D eigenvalue weighted by molar-refractivity contribution is -0.137. The van der Waals surface area contributed by atoms with Crippen LogP contribution in [0.2, 0.25) is 0 Å². The largest absolute Gasteiger partial charge is 0.481 e. The molecule has 1 aromatic heterocycles. The fourth-order valence-electron chi connectivity index (χ4n) is 1.76. The van der Waals surface area contributed by atoms with Gasteiger partial charge in [0.1, 0.15) is 5.60 Å². The molecule has 0 radical (unpaired) electrons. The number of hydrogen-bond donors (Lipinski definition) is 2. The van der Waals surface area contributed by atoms with Gasteiger partial charge in [-0.3, -0.25) is 9.48 Å². The molecule has 0 aromatic carbocycles. The van der Waals surface area contributed by atoms with Gasteiger partial charge >= 0.3 is 12.1 Å². The Labute approximate surface area is 117 Å². The second-order valence-electron chi connectivity index (χ2n) is 5.37. The van der Waals surface area contributed by atoms with Gasteiger partial charge in [-0.2, -0.15) is 5.10 Å². The van der Waals surface area contributed by atoms with Gasteiger partial charge in [0.15, 0.2) is 0 Å². The Bertz CT molecular complexity index is 476. The molecule has 0 fully saturated rings. The highest BCUT2D eigenvalue weighted by molar-refractivity contribution is 5.72. The average molecular weight is 283 g/mol. The minimum atomic E-state index is -1.00. The Morgan fingerprint density at radius 1 is 1.50 bits per heavy atom. The molecule has 0 bridgehead atoms. The van der Waals surface area contributed by atoms with E-state index in [1.165, 1.54) is 0 Å². The van der Waals surface area contributed by atoms with Crippen molar-refractivity contribution < 1.29 is 19.4 Å². The van der Waals surface area contributed by atoms with Crippen LogP contribution in [-0.2, 0) is 16.1 Å². The van der Waals surface area contributed by atoms with Gasteiger partial charge < -0.3 is 15.2 Å². The van der Waals surface area contributed by atoms with E-state index in [9.17, 15) is 9.59 Å². The van der Waals surface area contributed by atoms with Crippen LogP contribution in [0, 0.1) is 0 Å². The topological polar surface area (TPSA) is 93.5 Å². The van der Waals surface area contributed by atoms with Gasteiger partial charge in [0.2, 0.25) is 0 Å². The number of rotatable bonds is 5. The summed E-state index contributed by atoms with van der Waals surface area (Å²) in [7, 11) is 0. The van der Waals surface area contributed by atoms with Crippen LogP contribution < -0.4 is 5.32 Å². The molecule has 20 heavy (non-hydrogen) atoms. The Hall–Kier alpha value is -2.05. The number of aliphatic carboxylic acids is 1. The molecule has 1 aromatic rings. The van der Waals surface area contributed by atoms with Crippen LogP contribution in [0.15, 0.2) is 12.3 Å². The van der Waals surface area contributed by atoms with Crippen LogP contribution in [0.4, 0.5) is 4.79 Å². The Kier molecular flexibility index (Phi) is 5.12. The van der Waals surface area contributed by atoms with Crippen LogP contribution >= 0.6 is 0 Å². The van der Waals surface area contributed by atoms with E-state index >= 15 is 0 Å². The van der Waals surface area contributed by atoms with E-state index in [-0.39, 0.29) is 6.42 Å². The van der Waals surface area contributed by atoms with E-state index < -0.39 is 23.7 Å². The molecule has 1 amide bonds. The van der Waals surface area contributed by atoms with Crippen LogP contribution in [-0.4, -0.2) is 32.6 Å². The van der Waals surface area contributed by atoms with E-state index in [4.69, 9.17) is 9.84 Å². The predicted molar refractivity (Wildman–Crippen MR) is 72.3 cm³/mol. The van der Waals surface area contributed by atoms with Crippen LogP contribution in [0.25, 0.3) is 0 Å². The summed E-state index contributed by atoms with van der Waals surface area (Å²) < 4.78 is 6.79. The summed E-state index contributed by atoms with van der Waals surface area (Å²) in [5, 5.41) is 15.6. The fourth-order valence-corrected chi connectivity index (χ4v) is 1.76. The number of aromatic nitrogens is 2. The predicted octanol–water partition coefficient (Wildman–Crippen LogP) is 1.94. The summed E-state index contributed by atoms with van der Waals surface area (Å²) >= 11 is 0. The quantitative estimate of drug-likeness (QED) is 0.861. The SMILES string of the molecule is CCn1nccc1[C@H](CC(=O)O)NC(=O)OC(C)(C)C.